The molecule has 0 aromatic heterocycles. The number of nitrogens with two attached hydrogens (primary N) is 1. The molecule has 1 aliphatic heterocycles. The molecule has 0 bridgehead atoms. The van der Waals surface area contributed by atoms with Gasteiger partial charge in [0.05, 0.1) is 6.61 Å². The van der Waals surface area contributed by atoms with E-state index >= 15 is 0 Å². The lowest BCUT2D eigenvalue weighted by atomic mass is 10.0. The van der Waals surface area contributed by atoms with E-state index < -0.39 is 6.10 Å². The summed E-state index contributed by atoms with van der Waals surface area (Å²) in [5.74, 6) is -0.130. The molecule has 1 aliphatic rings. The van der Waals surface area contributed by atoms with Crippen molar-refractivity contribution in [1.82, 2.24) is 0 Å². The van der Waals surface area contributed by atoms with Crippen LogP contribution < -0.4 is 5.73 Å². The van der Waals surface area contributed by atoms with Gasteiger partial charge in [-0.25, -0.2) is 4.79 Å². The smallest absolute Gasteiger partial charge is 0.335 e. The molecular weight excluding hydrogens is 158 g/mol. The zero-order valence-electron chi connectivity index (χ0n) is 7.29. The Morgan fingerprint density at radius 2 is 2.50 bits per heavy atom. The Labute approximate surface area is 72.0 Å². The molecule has 0 radical (unpaired) electrons. The number of carbonyl (C=O) groups excluding carboxylic acids is 1. The van der Waals surface area contributed by atoms with Crippen molar-refractivity contribution in [2.24, 2.45) is 11.7 Å². The van der Waals surface area contributed by atoms with Crippen LogP contribution in [-0.2, 0) is 14.3 Å². The van der Waals surface area contributed by atoms with E-state index in [4.69, 9.17) is 15.2 Å². The summed E-state index contributed by atoms with van der Waals surface area (Å²) in [5, 5.41) is 0. The lowest BCUT2D eigenvalue weighted by Crippen LogP contribution is -2.32. The fourth-order valence-electron chi connectivity index (χ4n) is 1.36. The molecule has 0 saturated carbocycles. The van der Waals surface area contributed by atoms with Crippen LogP contribution in [0.4, 0.5) is 0 Å². The third-order valence-corrected chi connectivity index (χ3v) is 2.04. The summed E-state index contributed by atoms with van der Waals surface area (Å²) in [6.45, 7) is 3.29. The monoisotopic (exact) mass is 173 g/mol. The molecule has 1 fully saturated rings. The van der Waals surface area contributed by atoms with Crippen LogP contribution in [0.3, 0.4) is 0 Å². The minimum Gasteiger partial charge on any atom is -0.464 e. The summed E-state index contributed by atoms with van der Waals surface area (Å²) >= 11 is 0. The zero-order chi connectivity index (χ0) is 8.97. The normalized spacial score (nSPS) is 28.8. The minimum absolute atomic E-state index is 0.143. The highest BCUT2D eigenvalue weighted by Gasteiger charge is 2.34. The fourth-order valence-corrected chi connectivity index (χ4v) is 1.36. The van der Waals surface area contributed by atoms with Crippen LogP contribution in [0, 0.1) is 5.92 Å². The number of rotatable bonds is 3. The van der Waals surface area contributed by atoms with Crippen LogP contribution in [0.1, 0.15) is 13.3 Å². The van der Waals surface area contributed by atoms with Gasteiger partial charge < -0.3 is 15.2 Å². The van der Waals surface area contributed by atoms with Crippen molar-refractivity contribution in [1.29, 1.82) is 0 Å². The van der Waals surface area contributed by atoms with Gasteiger partial charge >= 0.3 is 5.97 Å². The highest BCUT2D eigenvalue weighted by atomic mass is 16.6. The highest BCUT2D eigenvalue weighted by Crippen LogP contribution is 2.20. The Morgan fingerprint density at radius 1 is 1.75 bits per heavy atom. The topological polar surface area (TPSA) is 61.5 Å². The lowest BCUT2D eigenvalue weighted by molar-refractivity contribution is -0.155. The number of esters is 1. The van der Waals surface area contributed by atoms with Crippen molar-refractivity contribution in [3.05, 3.63) is 0 Å². The number of hydrogen-bond donors (Lipinski definition) is 1. The maximum absolute atomic E-state index is 11.2. The van der Waals surface area contributed by atoms with Gasteiger partial charge in [0.15, 0.2) is 6.10 Å². The average molecular weight is 173 g/mol. The molecule has 0 aromatic rings. The first-order chi connectivity index (χ1) is 5.79. The van der Waals surface area contributed by atoms with E-state index in [2.05, 4.69) is 0 Å². The predicted octanol–water partition coefficient (Wildman–Crippen LogP) is -0.0867. The Balaban J connectivity index is 2.43. The van der Waals surface area contributed by atoms with Gasteiger partial charge in [-0.3, -0.25) is 0 Å². The van der Waals surface area contributed by atoms with Gasteiger partial charge in [0.1, 0.15) is 0 Å². The van der Waals surface area contributed by atoms with E-state index in [0.717, 1.165) is 6.42 Å². The minimum atomic E-state index is -0.421. The molecular formula is C8H15NO3. The lowest BCUT2D eigenvalue weighted by Gasteiger charge is -2.14. The molecule has 0 amide bonds. The van der Waals surface area contributed by atoms with Crippen LogP contribution in [0.5, 0.6) is 0 Å². The average Bonchev–Trinajstić information content (AvgIpc) is 2.51. The molecule has 1 saturated heterocycles. The number of ether oxygens (including phenoxy) is 2. The van der Waals surface area contributed by atoms with E-state index in [0.29, 0.717) is 19.8 Å². The molecule has 70 valence electrons. The van der Waals surface area contributed by atoms with Gasteiger partial charge in [-0.1, -0.05) is 0 Å². The predicted molar refractivity (Wildman–Crippen MR) is 43.5 cm³/mol. The molecule has 1 rings (SSSR count). The van der Waals surface area contributed by atoms with Crippen molar-refractivity contribution >= 4 is 5.97 Å². The van der Waals surface area contributed by atoms with Gasteiger partial charge in [0, 0.05) is 12.5 Å². The third-order valence-electron chi connectivity index (χ3n) is 2.04. The molecule has 0 unspecified atom stereocenters. The SMILES string of the molecule is CCOC(=O)[C@@H]1OCC[C@@H]1CN. The third kappa shape index (κ3) is 1.95. The first-order valence-electron chi connectivity index (χ1n) is 4.28. The summed E-state index contributed by atoms with van der Waals surface area (Å²) in [7, 11) is 0. The van der Waals surface area contributed by atoms with E-state index in [1.54, 1.807) is 6.92 Å². The number of hydrogen-bond acceptors (Lipinski definition) is 4. The first kappa shape index (κ1) is 9.48. The summed E-state index contributed by atoms with van der Waals surface area (Å²) in [6.07, 6.45) is 0.440. The second-order valence-electron chi connectivity index (χ2n) is 2.83. The Morgan fingerprint density at radius 3 is 3.08 bits per heavy atom. The summed E-state index contributed by atoms with van der Waals surface area (Å²) in [5.41, 5.74) is 5.47. The first-order valence-corrected chi connectivity index (χ1v) is 4.28. The van der Waals surface area contributed by atoms with Crippen molar-refractivity contribution in [2.45, 2.75) is 19.4 Å². The second-order valence-corrected chi connectivity index (χ2v) is 2.83. The van der Waals surface area contributed by atoms with Crippen molar-refractivity contribution in [3.8, 4) is 0 Å². The Kier molecular flexibility index (Phi) is 3.49. The van der Waals surface area contributed by atoms with Crippen molar-refractivity contribution in [2.75, 3.05) is 19.8 Å². The maximum atomic E-state index is 11.2. The molecule has 0 aliphatic carbocycles. The van der Waals surface area contributed by atoms with Crippen LogP contribution in [0.25, 0.3) is 0 Å². The van der Waals surface area contributed by atoms with E-state index in [9.17, 15) is 4.79 Å². The molecule has 2 N–H and O–H groups in total. The van der Waals surface area contributed by atoms with Crippen molar-refractivity contribution in [3.63, 3.8) is 0 Å². The largest absolute Gasteiger partial charge is 0.464 e. The van der Waals surface area contributed by atoms with E-state index in [1.807, 2.05) is 0 Å². The maximum Gasteiger partial charge on any atom is 0.335 e. The van der Waals surface area contributed by atoms with Gasteiger partial charge in [0.25, 0.3) is 0 Å². The van der Waals surface area contributed by atoms with Crippen LogP contribution in [0.2, 0.25) is 0 Å². The highest BCUT2D eigenvalue weighted by molar-refractivity contribution is 5.75. The Bertz CT molecular complexity index is 160. The molecule has 4 nitrogen and oxygen atoms in total. The van der Waals surface area contributed by atoms with Crippen molar-refractivity contribution < 1.29 is 14.3 Å². The molecule has 1 heterocycles. The molecule has 0 spiro atoms. The summed E-state index contributed by atoms with van der Waals surface area (Å²) in [4.78, 5) is 11.2. The number of carbonyl (C=O) groups is 1. The standard InChI is InChI=1S/C8H15NO3/c1-2-11-8(10)7-6(5-9)3-4-12-7/h6-7H,2-5,9H2,1H3/t6-,7-/m1/s1. The van der Waals surface area contributed by atoms with Crippen LogP contribution in [-0.4, -0.2) is 31.8 Å². The summed E-state index contributed by atoms with van der Waals surface area (Å²) in [6, 6.07) is 0. The van der Waals surface area contributed by atoms with E-state index in [1.165, 1.54) is 0 Å². The second kappa shape index (κ2) is 4.42. The van der Waals surface area contributed by atoms with Crippen LogP contribution >= 0.6 is 0 Å². The van der Waals surface area contributed by atoms with E-state index in [-0.39, 0.29) is 11.9 Å². The quantitative estimate of drug-likeness (QED) is 0.606. The molecule has 0 aromatic carbocycles. The zero-order valence-corrected chi connectivity index (χ0v) is 7.29. The molecule has 4 heteroatoms. The molecule has 2 atom stereocenters. The Hall–Kier alpha value is -0.610. The van der Waals surface area contributed by atoms with Gasteiger partial charge in [0.2, 0.25) is 0 Å². The van der Waals surface area contributed by atoms with Gasteiger partial charge in [-0.2, -0.15) is 0 Å². The van der Waals surface area contributed by atoms with Gasteiger partial charge in [-0.15, -0.1) is 0 Å². The van der Waals surface area contributed by atoms with Crippen LogP contribution in [0.15, 0.2) is 0 Å². The summed E-state index contributed by atoms with van der Waals surface area (Å²) < 4.78 is 10.1. The van der Waals surface area contributed by atoms with Gasteiger partial charge in [-0.05, 0) is 19.9 Å². The molecule has 12 heavy (non-hydrogen) atoms. The fraction of sp³-hybridized carbons (Fsp3) is 0.875.